The van der Waals surface area contributed by atoms with E-state index in [1.807, 2.05) is 12.3 Å². The quantitative estimate of drug-likeness (QED) is 0.697. The number of allylic oxidation sites excluding steroid dienone is 1. The van der Waals surface area contributed by atoms with E-state index in [-0.39, 0.29) is 0 Å². The molecule has 0 bridgehead atoms. The summed E-state index contributed by atoms with van der Waals surface area (Å²) >= 11 is 1.89. The maximum absolute atomic E-state index is 12.3. The third-order valence-electron chi connectivity index (χ3n) is 1.83. The molecule has 0 unspecified atom stereocenters. The minimum Gasteiger partial charge on any atom is -0.160 e. The number of rotatable bonds is 3. The smallest absolute Gasteiger partial charge is 0.0824 e. The monoisotopic (exact) mass is 202 g/mol. The van der Waals surface area contributed by atoms with Gasteiger partial charge >= 0.3 is 0 Å². The van der Waals surface area contributed by atoms with Crippen molar-refractivity contribution < 1.29 is 3.89 Å². The van der Waals surface area contributed by atoms with Crippen molar-refractivity contribution >= 4 is 29.1 Å². The Labute approximate surface area is 80.8 Å². The first-order valence-electron chi connectivity index (χ1n) is 3.75. The minimum absolute atomic E-state index is 0.313. The van der Waals surface area contributed by atoms with E-state index >= 15 is 0 Å². The summed E-state index contributed by atoms with van der Waals surface area (Å²) in [4.78, 5) is 1.86. The van der Waals surface area contributed by atoms with Crippen molar-refractivity contribution in [3.8, 4) is 0 Å². The van der Waals surface area contributed by atoms with Crippen LogP contribution in [-0.2, 0) is 0 Å². The van der Waals surface area contributed by atoms with Crippen LogP contribution in [0.15, 0.2) is 16.9 Å². The van der Waals surface area contributed by atoms with Crippen molar-refractivity contribution in [2.75, 3.05) is 0 Å². The van der Waals surface area contributed by atoms with Gasteiger partial charge in [0.2, 0.25) is 0 Å². The number of halogens is 1. The number of thiophene rings is 1. The molecule has 0 aromatic carbocycles. The average Bonchev–Trinajstić information content (AvgIpc) is 2.45. The van der Waals surface area contributed by atoms with Crippen molar-refractivity contribution in [2.24, 2.45) is 0 Å². The molecule has 0 atom stereocenters. The topological polar surface area (TPSA) is 0 Å². The predicted molar refractivity (Wildman–Crippen MR) is 55.3 cm³/mol. The van der Waals surface area contributed by atoms with Gasteiger partial charge in [0, 0.05) is 10.3 Å². The zero-order chi connectivity index (χ0) is 9.14. The molecule has 0 aliphatic rings. The number of hydrogen-bond acceptors (Lipinski definition) is 2. The molecule has 0 amide bonds. The molecule has 0 aliphatic carbocycles. The van der Waals surface area contributed by atoms with E-state index in [2.05, 4.69) is 13.5 Å². The van der Waals surface area contributed by atoms with Gasteiger partial charge in [-0.1, -0.05) is 13.5 Å². The van der Waals surface area contributed by atoms with Crippen LogP contribution in [0, 0.1) is 6.92 Å². The van der Waals surface area contributed by atoms with Gasteiger partial charge in [0.05, 0.1) is 17.0 Å². The standard InChI is InChI=1S/C9H11FS2/c1-4-6(2)9-7(3)8(12-10)5-11-9/h5H,2,4H2,1,3H3. The second kappa shape index (κ2) is 4.10. The van der Waals surface area contributed by atoms with Crippen LogP contribution in [-0.4, -0.2) is 0 Å². The SMILES string of the molecule is C=C(CC)c1scc(SF)c1C. The first-order valence-corrected chi connectivity index (χ1v) is 5.35. The van der Waals surface area contributed by atoms with E-state index in [4.69, 9.17) is 0 Å². The van der Waals surface area contributed by atoms with E-state index in [0.717, 1.165) is 27.3 Å². The summed E-state index contributed by atoms with van der Waals surface area (Å²) in [7, 11) is 0. The van der Waals surface area contributed by atoms with Crippen LogP contribution in [0.4, 0.5) is 3.89 Å². The molecule has 0 aliphatic heterocycles. The Morgan fingerprint density at radius 3 is 2.83 bits per heavy atom. The minimum atomic E-state index is 0.313. The predicted octanol–water partition coefficient (Wildman–Crippen LogP) is 4.46. The highest BCUT2D eigenvalue weighted by molar-refractivity contribution is 7.94. The Morgan fingerprint density at radius 1 is 1.75 bits per heavy atom. The summed E-state index contributed by atoms with van der Waals surface area (Å²) in [6, 6.07) is 0. The molecular formula is C9H11FS2. The summed E-state index contributed by atoms with van der Waals surface area (Å²) in [5.74, 6) is 0. The van der Waals surface area contributed by atoms with Crippen LogP contribution in [0.2, 0.25) is 0 Å². The van der Waals surface area contributed by atoms with E-state index in [9.17, 15) is 3.89 Å². The van der Waals surface area contributed by atoms with Crippen LogP contribution < -0.4 is 0 Å². The fraction of sp³-hybridized carbons (Fsp3) is 0.333. The van der Waals surface area contributed by atoms with Crippen LogP contribution in [0.5, 0.6) is 0 Å². The highest BCUT2D eigenvalue weighted by Gasteiger charge is 2.09. The summed E-state index contributed by atoms with van der Waals surface area (Å²) in [5, 5.41) is 1.84. The second-order valence-corrected chi connectivity index (χ2v) is 4.06. The van der Waals surface area contributed by atoms with Gasteiger partial charge in [0.1, 0.15) is 0 Å². The fourth-order valence-corrected chi connectivity index (χ4v) is 2.56. The molecule has 1 rings (SSSR count). The van der Waals surface area contributed by atoms with Gasteiger partial charge in [-0.3, -0.25) is 0 Å². The molecule has 1 heterocycles. The Hall–Kier alpha value is -0.280. The summed E-state index contributed by atoms with van der Waals surface area (Å²) in [6.45, 7) is 7.93. The summed E-state index contributed by atoms with van der Waals surface area (Å²) < 4.78 is 12.3. The molecule has 0 saturated carbocycles. The lowest BCUT2D eigenvalue weighted by Crippen LogP contribution is -1.79. The third-order valence-corrected chi connectivity index (χ3v) is 3.75. The molecule has 12 heavy (non-hydrogen) atoms. The third kappa shape index (κ3) is 1.72. The van der Waals surface area contributed by atoms with Crippen molar-refractivity contribution in [3.05, 3.63) is 22.4 Å². The normalized spacial score (nSPS) is 10.2. The zero-order valence-electron chi connectivity index (χ0n) is 7.19. The number of hydrogen-bond donors (Lipinski definition) is 0. The maximum Gasteiger partial charge on any atom is 0.0824 e. The van der Waals surface area contributed by atoms with Gasteiger partial charge in [-0.05, 0) is 24.5 Å². The largest absolute Gasteiger partial charge is 0.160 e. The summed E-state index contributed by atoms with van der Waals surface area (Å²) in [6.07, 6.45) is 0.928. The molecule has 1 aromatic rings. The molecule has 3 heteroatoms. The van der Waals surface area contributed by atoms with Crippen LogP contribution in [0.1, 0.15) is 23.8 Å². The molecule has 1 aromatic heterocycles. The highest BCUT2D eigenvalue weighted by atomic mass is 32.2. The van der Waals surface area contributed by atoms with Crippen molar-refractivity contribution in [2.45, 2.75) is 25.2 Å². The Kier molecular flexibility index (Phi) is 3.35. The first kappa shape index (κ1) is 9.81. The highest BCUT2D eigenvalue weighted by Crippen LogP contribution is 2.35. The van der Waals surface area contributed by atoms with Gasteiger partial charge in [-0.2, -0.15) is 3.89 Å². The second-order valence-electron chi connectivity index (χ2n) is 2.59. The van der Waals surface area contributed by atoms with Gasteiger partial charge < -0.3 is 0 Å². The fourth-order valence-electron chi connectivity index (χ4n) is 0.986. The van der Waals surface area contributed by atoms with Crippen LogP contribution >= 0.6 is 23.5 Å². The lowest BCUT2D eigenvalue weighted by atomic mass is 10.1. The summed E-state index contributed by atoms with van der Waals surface area (Å²) in [5.41, 5.74) is 2.12. The zero-order valence-corrected chi connectivity index (χ0v) is 8.82. The van der Waals surface area contributed by atoms with Crippen molar-refractivity contribution in [1.82, 2.24) is 0 Å². The molecule has 0 spiro atoms. The van der Waals surface area contributed by atoms with Crippen LogP contribution in [0.25, 0.3) is 5.57 Å². The van der Waals surface area contributed by atoms with Gasteiger partial charge in [-0.15, -0.1) is 11.3 Å². The van der Waals surface area contributed by atoms with E-state index in [1.165, 1.54) is 0 Å². The molecule has 0 saturated heterocycles. The van der Waals surface area contributed by atoms with Crippen molar-refractivity contribution in [3.63, 3.8) is 0 Å². The van der Waals surface area contributed by atoms with Gasteiger partial charge in [0.15, 0.2) is 0 Å². The maximum atomic E-state index is 12.3. The van der Waals surface area contributed by atoms with Crippen molar-refractivity contribution in [1.29, 1.82) is 0 Å². The van der Waals surface area contributed by atoms with Gasteiger partial charge in [0.25, 0.3) is 0 Å². The molecule has 0 radical (unpaired) electrons. The molecule has 0 fully saturated rings. The van der Waals surface area contributed by atoms with E-state index in [0.29, 0.717) is 12.1 Å². The molecule has 0 nitrogen and oxygen atoms in total. The molecule has 0 N–H and O–H groups in total. The van der Waals surface area contributed by atoms with Crippen LogP contribution in [0.3, 0.4) is 0 Å². The van der Waals surface area contributed by atoms with Gasteiger partial charge in [-0.25, -0.2) is 0 Å². The Balaban J connectivity index is 3.02. The lowest BCUT2D eigenvalue weighted by molar-refractivity contribution is 0.933. The van der Waals surface area contributed by atoms with E-state index < -0.39 is 0 Å². The first-order chi connectivity index (χ1) is 5.70. The van der Waals surface area contributed by atoms with E-state index in [1.54, 1.807) is 11.3 Å². The molecular weight excluding hydrogens is 191 g/mol. The Bertz CT molecular complexity index is 289. The average molecular weight is 202 g/mol. The molecule has 66 valence electrons. The lowest BCUT2D eigenvalue weighted by Gasteiger charge is -1.99. The Morgan fingerprint density at radius 2 is 2.42 bits per heavy atom.